The predicted molar refractivity (Wildman–Crippen MR) is 93.5 cm³/mol. The normalized spacial score (nSPS) is 10.3. The zero-order chi connectivity index (χ0) is 16.3. The van der Waals surface area contributed by atoms with Gasteiger partial charge in [0, 0.05) is 18.7 Å². The predicted octanol–water partition coefficient (Wildman–Crippen LogP) is 2.85. The number of amides is 1. The van der Waals surface area contributed by atoms with Crippen molar-refractivity contribution in [2.75, 3.05) is 26.2 Å². The van der Waals surface area contributed by atoms with Crippen LogP contribution in [0.4, 0.5) is 0 Å². The van der Waals surface area contributed by atoms with E-state index >= 15 is 0 Å². The van der Waals surface area contributed by atoms with E-state index in [4.69, 9.17) is 4.74 Å². The molecule has 0 aliphatic heterocycles. The second-order valence-corrected chi connectivity index (χ2v) is 5.16. The molecule has 1 amide bonds. The Bertz CT molecular complexity index is 599. The summed E-state index contributed by atoms with van der Waals surface area (Å²) in [6.45, 7) is 4.76. The molecule has 2 N–H and O–H groups in total. The van der Waals surface area contributed by atoms with Crippen LogP contribution >= 0.6 is 0 Å². The fourth-order valence-corrected chi connectivity index (χ4v) is 2.26. The molecule has 0 saturated carbocycles. The molecule has 0 aliphatic rings. The molecule has 0 unspecified atom stereocenters. The highest BCUT2D eigenvalue weighted by Gasteiger charge is 2.06. The summed E-state index contributed by atoms with van der Waals surface area (Å²) in [5.41, 5.74) is 2.15. The summed E-state index contributed by atoms with van der Waals surface area (Å²) in [6.07, 6.45) is 0.356. The number of carbonyl (C=O) groups excluding carboxylic acids is 1. The van der Waals surface area contributed by atoms with Crippen molar-refractivity contribution < 1.29 is 9.53 Å². The number of ether oxygens (including phenoxy) is 1. The fraction of sp³-hybridized carbons (Fsp3) is 0.316. The van der Waals surface area contributed by atoms with E-state index < -0.39 is 0 Å². The summed E-state index contributed by atoms with van der Waals surface area (Å²) in [5.74, 6) is 0.819. The Balaban J connectivity index is 1.83. The molecule has 2 aromatic carbocycles. The van der Waals surface area contributed by atoms with Crippen LogP contribution in [0.5, 0.6) is 5.75 Å². The number of likely N-dealkylation sites (N-methyl/N-ethyl adjacent to an activating group) is 1. The molecule has 0 saturated heterocycles. The largest absolute Gasteiger partial charge is 0.492 e. The molecule has 2 aromatic rings. The van der Waals surface area contributed by atoms with Gasteiger partial charge in [-0.25, -0.2) is 0 Å². The zero-order valence-electron chi connectivity index (χ0n) is 13.5. The molecule has 0 heterocycles. The van der Waals surface area contributed by atoms with E-state index in [9.17, 15) is 4.79 Å². The maximum Gasteiger partial charge on any atom is 0.223 e. The van der Waals surface area contributed by atoms with Crippen molar-refractivity contribution in [1.29, 1.82) is 0 Å². The van der Waals surface area contributed by atoms with Gasteiger partial charge < -0.3 is 15.4 Å². The number of benzene rings is 2. The van der Waals surface area contributed by atoms with Gasteiger partial charge in [0.2, 0.25) is 5.91 Å². The van der Waals surface area contributed by atoms with Crippen molar-refractivity contribution >= 4 is 5.91 Å². The van der Waals surface area contributed by atoms with E-state index in [0.29, 0.717) is 19.6 Å². The molecule has 23 heavy (non-hydrogen) atoms. The SMILES string of the molecule is CCNCCNC(=O)CCOc1ccccc1-c1ccccc1. The zero-order valence-corrected chi connectivity index (χ0v) is 13.5. The van der Waals surface area contributed by atoms with Gasteiger partial charge >= 0.3 is 0 Å². The smallest absolute Gasteiger partial charge is 0.223 e. The average Bonchev–Trinajstić information content (AvgIpc) is 2.60. The molecule has 0 atom stereocenters. The lowest BCUT2D eigenvalue weighted by atomic mass is 10.1. The van der Waals surface area contributed by atoms with Gasteiger partial charge in [-0.1, -0.05) is 55.5 Å². The average molecular weight is 312 g/mol. The van der Waals surface area contributed by atoms with Crippen LogP contribution in [0, 0.1) is 0 Å². The third-order valence-corrected chi connectivity index (χ3v) is 3.43. The van der Waals surface area contributed by atoms with Gasteiger partial charge in [0.15, 0.2) is 0 Å². The van der Waals surface area contributed by atoms with E-state index in [2.05, 4.69) is 22.8 Å². The van der Waals surface area contributed by atoms with Gasteiger partial charge in [-0.3, -0.25) is 4.79 Å². The maximum atomic E-state index is 11.7. The van der Waals surface area contributed by atoms with Crippen molar-refractivity contribution in [1.82, 2.24) is 10.6 Å². The third-order valence-electron chi connectivity index (χ3n) is 3.43. The van der Waals surface area contributed by atoms with Gasteiger partial charge in [-0.15, -0.1) is 0 Å². The highest BCUT2D eigenvalue weighted by atomic mass is 16.5. The van der Waals surface area contributed by atoms with Gasteiger partial charge in [0.25, 0.3) is 0 Å². The van der Waals surface area contributed by atoms with E-state index in [1.165, 1.54) is 0 Å². The monoisotopic (exact) mass is 312 g/mol. The van der Waals surface area contributed by atoms with Crippen LogP contribution in [0.3, 0.4) is 0 Å². The molecule has 4 heteroatoms. The minimum absolute atomic E-state index is 0.0140. The summed E-state index contributed by atoms with van der Waals surface area (Å²) >= 11 is 0. The standard InChI is InChI=1S/C19H24N2O2/c1-2-20-13-14-21-19(22)12-15-23-18-11-7-6-10-17(18)16-8-4-3-5-9-16/h3-11,20H,2,12-15H2,1H3,(H,21,22). The van der Waals surface area contributed by atoms with Crippen LogP contribution in [-0.4, -0.2) is 32.1 Å². The number of para-hydroxylation sites is 1. The van der Waals surface area contributed by atoms with Crippen molar-refractivity contribution in [2.24, 2.45) is 0 Å². The molecule has 2 rings (SSSR count). The lowest BCUT2D eigenvalue weighted by molar-refractivity contribution is -0.121. The van der Waals surface area contributed by atoms with E-state index in [0.717, 1.165) is 30.0 Å². The minimum atomic E-state index is 0.0140. The lowest BCUT2D eigenvalue weighted by Crippen LogP contribution is -2.32. The third kappa shape index (κ3) is 5.75. The summed E-state index contributed by atoms with van der Waals surface area (Å²) in [5, 5.41) is 6.03. The Morgan fingerprint density at radius 1 is 1.00 bits per heavy atom. The van der Waals surface area contributed by atoms with Crippen LogP contribution in [0.15, 0.2) is 54.6 Å². The van der Waals surface area contributed by atoms with E-state index in [1.807, 2.05) is 49.4 Å². The van der Waals surface area contributed by atoms with Crippen LogP contribution in [-0.2, 0) is 4.79 Å². The van der Waals surface area contributed by atoms with E-state index in [-0.39, 0.29) is 5.91 Å². The molecule has 4 nitrogen and oxygen atoms in total. The summed E-state index contributed by atoms with van der Waals surface area (Å²) in [6, 6.07) is 18.0. The minimum Gasteiger partial charge on any atom is -0.492 e. The second-order valence-electron chi connectivity index (χ2n) is 5.16. The summed E-state index contributed by atoms with van der Waals surface area (Å²) in [4.78, 5) is 11.7. The van der Waals surface area contributed by atoms with Gasteiger partial charge in [-0.2, -0.15) is 0 Å². The number of nitrogens with one attached hydrogen (secondary N) is 2. The quantitative estimate of drug-likeness (QED) is 0.700. The Labute approximate surface area is 137 Å². The first-order valence-electron chi connectivity index (χ1n) is 8.06. The molecule has 122 valence electrons. The van der Waals surface area contributed by atoms with Crippen LogP contribution in [0.25, 0.3) is 11.1 Å². The topological polar surface area (TPSA) is 50.4 Å². The molecule has 0 aromatic heterocycles. The van der Waals surface area contributed by atoms with Gasteiger partial charge in [0.1, 0.15) is 5.75 Å². The number of rotatable bonds is 9. The molecule has 0 radical (unpaired) electrons. The number of hydrogen-bond acceptors (Lipinski definition) is 3. The highest BCUT2D eigenvalue weighted by molar-refractivity contribution is 5.76. The lowest BCUT2D eigenvalue weighted by Gasteiger charge is -2.12. The fourth-order valence-electron chi connectivity index (χ4n) is 2.26. The van der Waals surface area contributed by atoms with Crippen molar-refractivity contribution in [2.45, 2.75) is 13.3 Å². The second kappa shape index (κ2) is 9.64. The summed E-state index contributed by atoms with van der Waals surface area (Å²) in [7, 11) is 0. The number of hydrogen-bond donors (Lipinski definition) is 2. The Morgan fingerprint density at radius 2 is 1.74 bits per heavy atom. The molecule has 0 spiro atoms. The molecule has 0 fully saturated rings. The first-order valence-corrected chi connectivity index (χ1v) is 8.06. The van der Waals surface area contributed by atoms with Gasteiger partial charge in [0.05, 0.1) is 13.0 Å². The summed E-state index contributed by atoms with van der Waals surface area (Å²) < 4.78 is 5.81. The Hall–Kier alpha value is -2.33. The van der Waals surface area contributed by atoms with E-state index in [1.54, 1.807) is 0 Å². The molecular formula is C19H24N2O2. The Kier molecular flexibility index (Phi) is 7.14. The van der Waals surface area contributed by atoms with Crippen molar-refractivity contribution in [3.05, 3.63) is 54.6 Å². The van der Waals surface area contributed by atoms with Crippen LogP contribution < -0.4 is 15.4 Å². The highest BCUT2D eigenvalue weighted by Crippen LogP contribution is 2.29. The van der Waals surface area contributed by atoms with Crippen LogP contribution in [0.1, 0.15) is 13.3 Å². The van der Waals surface area contributed by atoms with Crippen molar-refractivity contribution in [3.63, 3.8) is 0 Å². The molecule has 0 bridgehead atoms. The van der Waals surface area contributed by atoms with Crippen molar-refractivity contribution in [3.8, 4) is 16.9 Å². The molecule has 0 aliphatic carbocycles. The Morgan fingerprint density at radius 3 is 2.52 bits per heavy atom. The maximum absolute atomic E-state index is 11.7. The van der Waals surface area contributed by atoms with Gasteiger partial charge in [-0.05, 0) is 18.2 Å². The van der Waals surface area contributed by atoms with Crippen LogP contribution in [0.2, 0.25) is 0 Å². The number of carbonyl (C=O) groups is 1. The molecular weight excluding hydrogens is 288 g/mol. The first-order chi connectivity index (χ1) is 11.3. The first kappa shape index (κ1) is 17.0.